The molecule has 0 aliphatic heterocycles. The number of hydrogen-bond donors (Lipinski definition) is 1. The number of aromatic nitrogens is 2. The summed E-state index contributed by atoms with van der Waals surface area (Å²) in [6, 6.07) is 26.6. The van der Waals surface area contributed by atoms with Crippen LogP contribution in [-0.4, -0.2) is 4.57 Å². The van der Waals surface area contributed by atoms with E-state index in [2.05, 4.69) is 58.4 Å². The Labute approximate surface area is 134 Å². The summed E-state index contributed by atoms with van der Waals surface area (Å²) in [4.78, 5) is 0.930. The summed E-state index contributed by atoms with van der Waals surface area (Å²) < 4.78 is 4.14. The van der Waals surface area contributed by atoms with Gasteiger partial charge in [-0.2, -0.15) is 0 Å². The summed E-state index contributed by atoms with van der Waals surface area (Å²) in [5.41, 5.74) is 4.34. The van der Waals surface area contributed by atoms with Crippen LogP contribution in [0.3, 0.4) is 0 Å². The fourth-order valence-electron chi connectivity index (χ4n) is 2.66. The third-order valence-corrected chi connectivity index (χ3v) is 4.08. The van der Waals surface area contributed by atoms with Gasteiger partial charge in [0.1, 0.15) is 0 Å². The van der Waals surface area contributed by atoms with E-state index in [1.54, 1.807) is 0 Å². The van der Waals surface area contributed by atoms with Gasteiger partial charge >= 0.3 is 0 Å². The van der Waals surface area contributed by atoms with Crippen LogP contribution in [0, 0.1) is 6.33 Å². The van der Waals surface area contributed by atoms with Gasteiger partial charge in [-0.05, 0) is 18.2 Å². The van der Waals surface area contributed by atoms with Crippen LogP contribution in [0.2, 0.25) is 0 Å². The number of nitrogens with zero attached hydrogens (tertiary/aromatic N) is 2. The van der Waals surface area contributed by atoms with E-state index in [-0.39, 0.29) is 0 Å². The van der Waals surface area contributed by atoms with Crippen molar-refractivity contribution in [2.24, 2.45) is 0 Å². The smallest absolute Gasteiger partial charge is 0.269 e. The van der Waals surface area contributed by atoms with Crippen molar-refractivity contribution in [3.05, 3.63) is 85.2 Å². The highest BCUT2D eigenvalue weighted by Crippen LogP contribution is 2.20. The molecule has 0 unspecified atom stereocenters. The topological polar surface area (TPSA) is 8.81 Å². The standard InChI is InChI=1S/C19H14N2S/c22-19-13-7-6-12-18(19)21-14-20(15-8-2-1-3-9-15)16-10-4-5-11-17(16)21/h1-13,22H. The van der Waals surface area contributed by atoms with E-state index in [9.17, 15) is 0 Å². The second kappa shape index (κ2) is 5.35. The van der Waals surface area contributed by atoms with Gasteiger partial charge in [0.2, 0.25) is 0 Å². The van der Waals surface area contributed by atoms with Gasteiger partial charge in [0.15, 0.2) is 0 Å². The lowest BCUT2D eigenvalue weighted by Crippen LogP contribution is -2.30. The molecule has 0 fully saturated rings. The molecule has 0 bridgehead atoms. The van der Waals surface area contributed by atoms with E-state index in [1.165, 1.54) is 0 Å². The number of rotatable bonds is 2. The Morgan fingerprint density at radius 2 is 1.45 bits per heavy atom. The van der Waals surface area contributed by atoms with E-state index in [0.717, 1.165) is 27.3 Å². The van der Waals surface area contributed by atoms with Gasteiger partial charge in [-0.3, -0.25) is 9.13 Å². The fraction of sp³-hybridized carbons (Fsp3) is 0. The van der Waals surface area contributed by atoms with Gasteiger partial charge < -0.3 is 0 Å². The summed E-state index contributed by atoms with van der Waals surface area (Å²) in [6.07, 6.45) is 3.45. The number of benzene rings is 3. The third-order valence-electron chi connectivity index (χ3n) is 3.70. The predicted octanol–water partition coefficient (Wildman–Crippen LogP) is 4.00. The van der Waals surface area contributed by atoms with Crippen molar-refractivity contribution < 1.29 is 4.57 Å². The van der Waals surface area contributed by atoms with Crippen LogP contribution >= 0.6 is 12.6 Å². The normalized spacial score (nSPS) is 11.0. The van der Waals surface area contributed by atoms with Gasteiger partial charge in [-0.1, -0.05) is 60.7 Å². The van der Waals surface area contributed by atoms with Crippen LogP contribution in [0.15, 0.2) is 83.8 Å². The predicted molar refractivity (Wildman–Crippen MR) is 90.9 cm³/mol. The maximum absolute atomic E-state index is 4.58. The Morgan fingerprint density at radius 1 is 0.773 bits per heavy atom. The quantitative estimate of drug-likeness (QED) is 0.325. The number of fused-ring (bicyclic) bond motifs is 1. The molecule has 3 aromatic carbocycles. The van der Waals surface area contributed by atoms with E-state index in [1.807, 2.05) is 48.5 Å². The lowest BCUT2D eigenvalue weighted by atomic mass is 10.2. The van der Waals surface area contributed by atoms with Crippen LogP contribution < -0.4 is 4.57 Å². The zero-order chi connectivity index (χ0) is 14.9. The van der Waals surface area contributed by atoms with Gasteiger partial charge in [-0.25, -0.2) is 0 Å². The Balaban J connectivity index is 2.04. The molecule has 2 nitrogen and oxygen atoms in total. The molecule has 0 aliphatic carbocycles. The van der Waals surface area contributed by atoms with Crippen LogP contribution in [0.5, 0.6) is 0 Å². The summed E-state index contributed by atoms with van der Waals surface area (Å²) in [6.45, 7) is 0. The van der Waals surface area contributed by atoms with Gasteiger partial charge in [0.25, 0.3) is 6.33 Å². The lowest BCUT2D eigenvalue weighted by Gasteiger charge is -2.05. The van der Waals surface area contributed by atoms with E-state index < -0.39 is 0 Å². The highest BCUT2D eigenvalue weighted by Gasteiger charge is 2.12. The average molecular weight is 302 g/mol. The molecular weight excluding hydrogens is 288 g/mol. The Hall–Kier alpha value is -2.52. The lowest BCUT2D eigenvalue weighted by molar-refractivity contribution is -0.575. The fourth-order valence-corrected chi connectivity index (χ4v) is 2.92. The Kier molecular flexibility index (Phi) is 3.20. The monoisotopic (exact) mass is 302 g/mol. The molecule has 0 amide bonds. The van der Waals surface area contributed by atoms with Crippen molar-refractivity contribution >= 4 is 23.7 Å². The molecule has 0 aliphatic rings. The third kappa shape index (κ3) is 2.11. The zero-order valence-corrected chi connectivity index (χ0v) is 12.7. The summed E-state index contributed by atoms with van der Waals surface area (Å²) in [5.74, 6) is 0. The number of hydrogen-bond acceptors (Lipinski definition) is 1. The summed E-state index contributed by atoms with van der Waals surface area (Å²) in [7, 11) is 0. The van der Waals surface area contributed by atoms with E-state index >= 15 is 0 Å². The first-order valence-electron chi connectivity index (χ1n) is 7.13. The minimum Gasteiger partial charge on any atom is -0.292 e. The number of imidazole rings is 1. The SMILES string of the molecule is Sc1ccccc1-[n+]1[c-]n(-c2ccccc2)c2ccccc21. The molecule has 1 aromatic heterocycles. The minimum atomic E-state index is 0.930. The van der Waals surface area contributed by atoms with Crippen LogP contribution in [-0.2, 0) is 0 Å². The van der Waals surface area contributed by atoms with Crippen LogP contribution in [0.4, 0.5) is 0 Å². The molecule has 4 aromatic rings. The first kappa shape index (κ1) is 13.2. The van der Waals surface area contributed by atoms with E-state index in [4.69, 9.17) is 0 Å². The van der Waals surface area contributed by atoms with Crippen molar-refractivity contribution in [1.82, 2.24) is 4.57 Å². The number of thiol groups is 1. The molecular formula is C19H14N2S. The van der Waals surface area contributed by atoms with Gasteiger partial charge in [-0.15, -0.1) is 12.6 Å². The zero-order valence-electron chi connectivity index (χ0n) is 11.8. The van der Waals surface area contributed by atoms with Crippen LogP contribution in [0.25, 0.3) is 22.4 Å². The molecule has 0 N–H and O–H groups in total. The van der Waals surface area contributed by atoms with Gasteiger partial charge in [0.05, 0.1) is 22.4 Å². The first-order valence-corrected chi connectivity index (χ1v) is 7.58. The van der Waals surface area contributed by atoms with Crippen molar-refractivity contribution in [3.8, 4) is 11.4 Å². The van der Waals surface area contributed by atoms with Crippen molar-refractivity contribution in [1.29, 1.82) is 0 Å². The van der Waals surface area contributed by atoms with Crippen LogP contribution in [0.1, 0.15) is 0 Å². The molecule has 3 heteroatoms. The minimum absolute atomic E-state index is 0.930. The van der Waals surface area contributed by atoms with E-state index in [0.29, 0.717) is 0 Å². The number of para-hydroxylation sites is 4. The molecule has 106 valence electrons. The second-order valence-electron chi connectivity index (χ2n) is 5.08. The molecule has 1 heterocycles. The van der Waals surface area contributed by atoms with Crippen molar-refractivity contribution in [2.45, 2.75) is 4.90 Å². The van der Waals surface area contributed by atoms with Gasteiger partial charge in [0, 0.05) is 4.90 Å². The molecule has 4 rings (SSSR count). The molecule has 22 heavy (non-hydrogen) atoms. The maximum atomic E-state index is 4.58. The second-order valence-corrected chi connectivity index (χ2v) is 5.57. The molecule has 0 saturated carbocycles. The highest BCUT2D eigenvalue weighted by molar-refractivity contribution is 7.80. The maximum Gasteiger partial charge on any atom is 0.269 e. The van der Waals surface area contributed by atoms with Crippen molar-refractivity contribution in [2.75, 3.05) is 0 Å². The largest absolute Gasteiger partial charge is 0.292 e. The molecule has 0 saturated heterocycles. The Morgan fingerprint density at radius 3 is 2.27 bits per heavy atom. The highest BCUT2D eigenvalue weighted by atomic mass is 32.1. The van der Waals surface area contributed by atoms with Crippen molar-refractivity contribution in [3.63, 3.8) is 0 Å². The molecule has 0 spiro atoms. The average Bonchev–Trinajstić information content (AvgIpc) is 2.96. The molecule has 0 atom stereocenters. The Bertz CT molecular complexity index is 942. The summed E-state index contributed by atoms with van der Waals surface area (Å²) >= 11 is 4.58. The molecule has 0 radical (unpaired) electrons. The summed E-state index contributed by atoms with van der Waals surface area (Å²) in [5, 5.41) is 0. The first-order chi connectivity index (χ1) is 10.8.